The molecule has 0 atom stereocenters. The lowest BCUT2D eigenvalue weighted by Crippen LogP contribution is -2.28. The minimum absolute atomic E-state index is 0.227. The van der Waals surface area contributed by atoms with Gasteiger partial charge in [0.2, 0.25) is 0 Å². The summed E-state index contributed by atoms with van der Waals surface area (Å²) >= 11 is 0. The van der Waals surface area contributed by atoms with E-state index < -0.39 is 5.97 Å². The Morgan fingerprint density at radius 1 is 1.08 bits per heavy atom. The Hall–Kier alpha value is -2.89. The van der Waals surface area contributed by atoms with Crippen molar-refractivity contribution in [1.82, 2.24) is 4.98 Å². The Bertz CT molecular complexity index is 772. The molecule has 2 rings (SSSR count). The number of amides is 1. The Balaban J connectivity index is 2.34. The van der Waals surface area contributed by atoms with E-state index >= 15 is 0 Å². The zero-order chi connectivity index (χ0) is 18.6. The van der Waals surface area contributed by atoms with Crippen molar-refractivity contribution in [2.45, 2.75) is 20.0 Å². The normalized spacial score (nSPS) is 10.5. The number of hydrogen-bond donors (Lipinski definition) is 0. The molecule has 0 bridgehead atoms. The van der Waals surface area contributed by atoms with Crippen LogP contribution in [0.25, 0.3) is 0 Å². The monoisotopic (exact) mass is 341 g/mol. The van der Waals surface area contributed by atoms with Crippen LogP contribution in [0.15, 0.2) is 42.6 Å². The predicted molar refractivity (Wildman–Crippen MR) is 98.3 cm³/mol. The summed E-state index contributed by atoms with van der Waals surface area (Å²) in [5.41, 5.74) is 1.35. The number of hydrogen-bond acceptors (Lipinski definition) is 5. The van der Waals surface area contributed by atoms with E-state index in [-0.39, 0.29) is 12.0 Å². The Morgan fingerprint density at radius 3 is 2.40 bits per heavy atom. The van der Waals surface area contributed by atoms with Crippen LogP contribution < -0.4 is 9.80 Å². The van der Waals surface area contributed by atoms with Crippen LogP contribution in [0.3, 0.4) is 0 Å². The highest BCUT2D eigenvalue weighted by Gasteiger charge is 2.21. The third-order valence-electron chi connectivity index (χ3n) is 3.58. The van der Waals surface area contributed by atoms with Crippen molar-refractivity contribution in [3.8, 4) is 0 Å². The van der Waals surface area contributed by atoms with E-state index in [0.717, 1.165) is 0 Å². The van der Waals surface area contributed by atoms with Gasteiger partial charge in [0.1, 0.15) is 5.82 Å². The van der Waals surface area contributed by atoms with Gasteiger partial charge < -0.3 is 14.5 Å². The molecule has 6 heteroatoms. The Labute approximate surface area is 148 Å². The summed E-state index contributed by atoms with van der Waals surface area (Å²) in [5, 5.41) is 0. The summed E-state index contributed by atoms with van der Waals surface area (Å²) in [7, 11) is 5.36. The van der Waals surface area contributed by atoms with Crippen molar-refractivity contribution >= 4 is 23.4 Å². The van der Waals surface area contributed by atoms with Gasteiger partial charge in [-0.1, -0.05) is 12.1 Å². The topological polar surface area (TPSA) is 62.7 Å². The molecule has 1 amide bonds. The largest absolute Gasteiger partial charge is 0.459 e. The zero-order valence-corrected chi connectivity index (χ0v) is 15.2. The molecule has 0 unspecified atom stereocenters. The Morgan fingerprint density at radius 2 is 1.76 bits per heavy atom. The number of para-hydroxylation sites is 1. The minimum Gasteiger partial charge on any atom is -0.459 e. The molecule has 0 aliphatic carbocycles. The van der Waals surface area contributed by atoms with Crippen molar-refractivity contribution in [1.29, 1.82) is 0 Å². The predicted octanol–water partition coefficient (Wildman–Crippen LogP) is 2.99. The maximum atomic E-state index is 12.8. The van der Waals surface area contributed by atoms with Crippen LogP contribution in [-0.2, 0) is 4.74 Å². The van der Waals surface area contributed by atoms with Crippen LogP contribution in [0.5, 0.6) is 0 Å². The Kier molecular flexibility index (Phi) is 5.75. The third-order valence-corrected chi connectivity index (χ3v) is 3.58. The molecule has 1 aromatic carbocycles. The van der Waals surface area contributed by atoms with Crippen LogP contribution in [0.4, 0.5) is 11.5 Å². The van der Waals surface area contributed by atoms with Crippen LogP contribution in [0.2, 0.25) is 0 Å². The van der Waals surface area contributed by atoms with Gasteiger partial charge in [-0.2, -0.15) is 0 Å². The second-order valence-electron chi connectivity index (χ2n) is 6.13. The van der Waals surface area contributed by atoms with Gasteiger partial charge in [-0.3, -0.25) is 4.79 Å². The summed E-state index contributed by atoms with van der Waals surface area (Å²) in [5.74, 6) is 0.0102. The number of anilines is 2. The van der Waals surface area contributed by atoms with Crippen LogP contribution in [-0.4, -0.2) is 44.1 Å². The lowest BCUT2D eigenvalue weighted by atomic mass is 10.1. The summed E-state index contributed by atoms with van der Waals surface area (Å²) in [6, 6.07) is 10.3. The molecule has 6 nitrogen and oxygen atoms in total. The molecular formula is C19H23N3O3. The quantitative estimate of drug-likeness (QED) is 0.782. The van der Waals surface area contributed by atoms with E-state index in [1.165, 1.54) is 4.90 Å². The first-order valence-corrected chi connectivity index (χ1v) is 8.02. The maximum Gasteiger partial charge on any atom is 0.340 e. The molecule has 0 fully saturated rings. The number of carbonyl (C=O) groups excluding carboxylic acids is 2. The van der Waals surface area contributed by atoms with Crippen molar-refractivity contribution in [2.24, 2.45) is 0 Å². The van der Waals surface area contributed by atoms with Crippen molar-refractivity contribution in [3.63, 3.8) is 0 Å². The first kappa shape index (κ1) is 18.4. The molecule has 0 radical (unpaired) electrons. The van der Waals surface area contributed by atoms with Gasteiger partial charge in [0, 0.05) is 32.9 Å². The molecule has 0 spiro atoms. The highest BCUT2D eigenvalue weighted by molar-refractivity contribution is 6.09. The van der Waals surface area contributed by atoms with Gasteiger partial charge in [-0.25, -0.2) is 9.78 Å². The fraction of sp³-hybridized carbons (Fsp3) is 0.316. The average Bonchev–Trinajstić information content (AvgIpc) is 2.60. The first-order chi connectivity index (χ1) is 11.8. The molecule has 25 heavy (non-hydrogen) atoms. The highest BCUT2D eigenvalue weighted by atomic mass is 16.5. The number of rotatable bonds is 5. The fourth-order valence-electron chi connectivity index (χ4n) is 2.32. The zero-order valence-electron chi connectivity index (χ0n) is 15.2. The number of nitrogens with zero attached hydrogens (tertiary/aromatic N) is 3. The number of esters is 1. The van der Waals surface area contributed by atoms with Crippen molar-refractivity contribution in [2.75, 3.05) is 30.9 Å². The van der Waals surface area contributed by atoms with E-state index in [0.29, 0.717) is 22.6 Å². The lowest BCUT2D eigenvalue weighted by Gasteiger charge is -2.21. The molecular weight excluding hydrogens is 318 g/mol. The maximum absolute atomic E-state index is 12.8. The molecule has 1 heterocycles. The van der Waals surface area contributed by atoms with Crippen molar-refractivity contribution in [3.05, 3.63) is 53.7 Å². The van der Waals surface area contributed by atoms with Crippen LogP contribution in [0, 0.1) is 0 Å². The van der Waals surface area contributed by atoms with E-state index in [4.69, 9.17) is 4.74 Å². The number of aromatic nitrogens is 1. The molecule has 0 aliphatic heterocycles. The molecule has 1 aromatic heterocycles. The smallest absolute Gasteiger partial charge is 0.340 e. The lowest BCUT2D eigenvalue weighted by molar-refractivity contribution is 0.0379. The van der Waals surface area contributed by atoms with Crippen LogP contribution >= 0.6 is 0 Å². The molecule has 0 saturated carbocycles. The van der Waals surface area contributed by atoms with Gasteiger partial charge in [0.25, 0.3) is 5.91 Å². The first-order valence-electron chi connectivity index (χ1n) is 8.02. The standard InChI is InChI=1S/C19H23N3O3/c1-13(2)25-19(24)15-8-6-7-9-16(15)22(5)18(23)14-10-11-20-17(12-14)21(3)4/h6-13H,1-5H3. The summed E-state index contributed by atoms with van der Waals surface area (Å²) in [6.07, 6.45) is 1.36. The number of carbonyl (C=O) groups is 2. The van der Waals surface area contributed by atoms with Crippen molar-refractivity contribution < 1.29 is 14.3 Å². The van der Waals surface area contributed by atoms with E-state index in [1.807, 2.05) is 19.0 Å². The summed E-state index contributed by atoms with van der Waals surface area (Å²) in [4.78, 5) is 32.6. The second-order valence-corrected chi connectivity index (χ2v) is 6.13. The summed E-state index contributed by atoms with van der Waals surface area (Å²) in [6.45, 7) is 3.57. The van der Waals surface area contributed by atoms with E-state index in [9.17, 15) is 9.59 Å². The second kappa shape index (κ2) is 7.79. The van der Waals surface area contributed by atoms with E-state index in [2.05, 4.69) is 4.98 Å². The van der Waals surface area contributed by atoms with Gasteiger partial charge in [-0.05, 0) is 38.1 Å². The number of benzene rings is 1. The summed E-state index contributed by atoms with van der Waals surface area (Å²) < 4.78 is 5.27. The average molecular weight is 341 g/mol. The SMILES string of the molecule is CC(C)OC(=O)c1ccccc1N(C)C(=O)c1ccnc(N(C)C)c1. The van der Waals surface area contributed by atoms with Gasteiger partial charge in [-0.15, -0.1) is 0 Å². The molecule has 0 N–H and O–H groups in total. The number of ether oxygens (including phenoxy) is 1. The minimum atomic E-state index is -0.450. The van der Waals surface area contributed by atoms with Gasteiger partial charge in [0.15, 0.2) is 0 Å². The highest BCUT2D eigenvalue weighted by Crippen LogP contribution is 2.23. The molecule has 0 aliphatic rings. The van der Waals surface area contributed by atoms with Gasteiger partial charge in [0.05, 0.1) is 17.4 Å². The molecule has 2 aromatic rings. The third kappa shape index (κ3) is 4.35. The fourth-order valence-corrected chi connectivity index (χ4v) is 2.32. The van der Waals surface area contributed by atoms with Crippen LogP contribution in [0.1, 0.15) is 34.6 Å². The number of pyridine rings is 1. The molecule has 0 saturated heterocycles. The van der Waals surface area contributed by atoms with Gasteiger partial charge >= 0.3 is 5.97 Å². The molecule has 132 valence electrons. The van der Waals surface area contributed by atoms with E-state index in [1.54, 1.807) is 63.5 Å².